The lowest BCUT2D eigenvalue weighted by molar-refractivity contribution is 1.05. The molecule has 2 aromatic rings. The molecule has 2 aromatic carbocycles. The van der Waals surface area contributed by atoms with Gasteiger partial charge in [-0.2, -0.15) is 0 Å². The van der Waals surface area contributed by atoms with Gasteiger partial charge < -0.3 is 5.73 Å². The Morgan fingerprint density at radius 2 is 1.62 bits per heavy atom. The summed E-state index contributed by atoms with van der Waals surface area (Å²) in [6, 6.07) is 14.2. The van der Waals surface area contributed by atoms with E-state index in [1.54, 1.807) is 0 Å². The van der Waals surface area contributed by atoms with E-state index >= 15 is 0 Å². The van der Waals surface area contributed by atoms with Gasteiger partial charge in [0.25, 0.3) is 0 Å². The van der Waals surface area contributed by atoms with Crippen LogP contribution in [0.15, 0.2) is 42.5 Å². The van der Waals surface area contributed by atoms with E-state index in [2.05, 4.69) is 25.1 Å². The summed E-state index contributed by atoms with van der Waals surface area (Å²) in [5.74, 6) is 0. The van der Waals surface area contributed by atoms with Crippen LogP contribution < -0.4 is 5.73 Å². The number of rotatable bonds is 2. The molecular formula is C14H14ClN. The molecule has 0 fully saturated rings. The molecule has 0 radical (unpaired) electrons. The summed E-state index contributed by atoms with van der Waals surface area (Å²) in [6.07, 6.45) is 0. The fraction of sp³-hybridized carbons (Fsp3) is 0.143. The molecule has 0 aliphatic heterocycles. The maximum atomic E-state index is 5.86. The van der Waals surface area contributed by atoms with Gasteiger partial charge in [0.05, 0.1) is 0 Å². The zero-order valence-electron chi connectivity index (χ0n) is 9.20. The molecule has 0 heterocycles. The molecule has 2 rings (SSSR count). The summed E-state index contributed by atoms with van der Waals surface area (Å²) in [5.41, 5.74) is 10.5. The molecular weight excluding hydrogens is 218 g/mol. The summed E-state index contributed by atoms with van der Waals surface area (Å²) < 4.78 is 0. The molecule has 0 unspecified atom stereocenters. The van der Waals surface area contributed by atoms with Crippen LogP contribution in [0.25, 0.3) is 11.1 Å². The van der Waals surface area contributed by atoms with E-state index < -0.39 is 0 Å². The Labute approximate surface area is 101 Å². The van der Waals surface area contributed by atoms with Crippen molar-refractivity contribution in [3.05, 3.63) is 58.6 Å². The Balaban J connectivity index is 2.44. The highest BCUT2D eigenvalue weighted by atomic mass is 35.5. The summed E-state index contributed by atoms with van der Waals surface area (Å²) >= 11 is 5.86. The van der Waals surface area contributed by atoms with Crippen LogP contribution >= 0.6 is 11.6 Å². The van der Waals surface area contributed by atoms with E-state index in [1.807, 2.05) is 24.3 Å². The highest BCUT2D eigenvalue weighted by Gasteiger charge is 2.01. The van der Waals surface area contributed by atoms with Crippen molar-refractivity contribution in [2.75, 3.05) is 0 Å². The Hall–Kier alpha value is -1.31. The second kappa shape index (κ2) is 4.69. The maximum Gasteiger partial charge on any atom is 0.0406 e. The van der Waals surface area contributed by atoms with Gasteiger partial charge >= 0.3 is 0 Å². The van der Waals surface area contributed by atoms with Crippen LogP contribution in [0.2, 0.25) is 5.02 Å². The first kappa shape index (κ1) is 11.2. The van der Waals surface area contributed by atoms with Crippen LogP contribution in [0.1, 0.15) is 11.1 Å². The molecule has 2 N–H and O–H groups in total. The molecule has 0 bridgehead atoms. The molecule has 2 heteroatoms. The van der Waals surface area contributed by atoms with Gasteiger partial charge in [0, 0.05) is 11.6 Å². The largest absolute Gasteiger partial charge is 0.326 e. The molecule has 0 atom stereocenters. The van der Waals surface area contributed by atoms with Gasteiger partial charge in [-0.25, -0.2) is 0 Å². The predicted molar refractivity (Wildman–Crippen MR) is 69.5 cm³/mol. The van der Waals surface area contributed by atoms with Crippen LogP contribution in [0.3, 0.4) is 0 Å². The number of hydrogen-bond donors (Lipinski definition) is 1. The third kappa shape index (κ3) is 2.26. The normalized spacial score (nSPS) is 10.4. The van der Waals surface area contributed by atoms with Crippen molar-refractivity contribution >= 4 is 11.6 Å². The first-order chi connectivity index (χ1) is 7.70. The number of aryl methyl sites for hydroxylation is 1. The molecule has 0 amide bonds. The summed E-state index contributed by atoms with van der Waals surface area (Å²) in [7, 11) is 0. The fourth-order valence-corrected chi connectivity index (χ4v) is 1.84. The van der Waals surface area contributed by atoms with Gasteiger partial charge in [0.15, 0.2) is 0 Å². The third-order valence-corrected chi connectivity index (χ3v) is 3.00. The quantitative estimate of drug-likeness (QED) is 0.837. The van der Waals surface area contributed by atoms with E-state index in [0.717, 1.165) is 5.02 Å². The van der Waals surface area contributed by atoms with Gasteiger partial charge in [-0.3, -0.25) is 0 Å². The highest BCUT2D eigenvalue weighted by Crippen LogP contribution is 2.23. The van der Waals surface area contributed by atoms with Crippen molar-refractivity contribution < 1.29 is 0 Å². The van der Waals surface area contributed by atoms with Crippen molar-refractivity contribution in [2.24, 2.45) is 5.73 Å². The van der Waals surface area contributed by atoms with Crippen LogP contribution in [-0.4, -0.2) is 0 Å². The Morgan fingerprint density at radius 3 is 2.25 bits per heavy atom. The van der Waals surface area contributed by atoms with Gasteiger partial charge in [0.1, 0.15) is 0 Å². The van der Waals surface area contributed by atoms with Crippen LogP contribution in [0, 0.1) is 6.92 Å². The summed E-state index contributed by atoms with van der Waals surface area (Å²) in [6.45, 7) is 2.65. The van der Waals surface area contributed by atoms with Crippen molar-refractivity contribution in [1.82, 2.24) is 0 Å². The van der Waals surface area contributed by atoms with Crippen molar-refractivity contribution in [3.8, 4) is 11.1 Å². The Kier molecular flexibility index (Phi) is 3.28. The van der Waals surface area contributed by atoms with Crippen molar-refractivity contribution in [3.63, 3.8) is 0 Å². The van der Waals surface area contributed by atoms with E-state index in [1.165, 1.54) is 22.3 Å². The predicted octanol–water partition coefficient (Wildman–Crippen LogP) is 3.77. The van der Waals surface area contributed by atoms with Crippen molar-refractivity contribution in [2.45, 2.75) is 13.5 Å². The summed E-state index contributed by atoms with van der Waals surface area (Å²) in [4.78, 5) is 0. The van der Waals surface area contributed by atoms with Crippen LogP contribution in [-0.2, 0) is 6.54 Å². The summed E-state index contributed by atoms with van der Waals surface area (Å²) in [5, 5.41) is 0.759. The second-order valence-electron chi connectivity index (χ2n) is 3.85. The zero-order valence-corrected chi connectivity index (χ0v) is 9.96. The second-order valence-corrected chi connectivity index (χ2v) is 4.29. The topological polar surface area (TPSA) is 26.0 Å². The number of hydrogen-bond acceptors (Lipinski definition) is 1. The lowest BCUT2D eigenvalue weighted by atomic mass is 10.00. The van der Waals surface area contributed by atoms with E-state index in [9.17, 15) is 0 Å². The zero-order chi connectivity index (χ0) is 11.5. The minimum absolute atomic E-state index is 0.577. The molecule has 16 heavy (non-hydrogen) atoms. The molecule has 0 saturated heterocycles. The smallest absolute Gasteiger partial charge is 0.0406 e. The average Bonchev–Trinajstić information content (AvgIpc) is 2.31. The molecule has 0 saturated carbocycles. The monoisotopic (exact) mass is 231 g/mol. The number of benzene rings is 2. The van der Waals surface area contributed by atoms with Crippen LogP contribution in [0.4, 0.5) is 0 Å². The van der Waals surface area contributed by atoms with Gasteiger partial charge in [-0.15, -0.1) is 0 Å². The minimum atomic E-state index is 0.577. The van der Waals surface area contributed by atoms with Gasteiger partial charge in [-0.1, -0.05) is 35.9 Å². The highest BCUT2D eigenvalue weighted by molar-refractivity contribution is 6.30. The number of nitrogens with two attached hydrogens (primary N) is 1. The van der Waals surface area contributed by atoms with E-state index in [-0.39, 0.29) is 0 Å². The maximum absolute atomic E-state index is 5.86. The minimum Gasteiger partial charge on any atom is -0.326 e. The molecule has 0 aromatic heterocycles. The number of halogens is 1. The first-order valence-electron chi connectivity index (χ1n) is 5.26. The standard InChI is InChI=1S/C14H14ClN/c1-10-2-3-12(8-13(10)9-16)11-4-6-14(15)7-5-11/h2-8H,9,16H2,1H3. The lowest BCUT2D eigenvalue weighted by Crippen LogP contribution is -1.99. The van der Waals surface area contributed by atoms with Gasteiger partial charge in [0.2, 0.25) is 0 Å². The third-order valence-electron chi connectivity index (χ3n) is 2.75. The molecule has 82 valence electrons. The first-order valence-corrected chi connectivity index (χ1v) is 5.64. The SMILES string of the molecule is Cc1ccc(-c2ccc(Cl)cc2)cc1CN. The fourth-order valence-electron chi connectivity index (χ4n) is 1.71. The van der Waals surface area contributed by atoms with Crippen molar-refractivity contribution in [1.29, 1.82) is 0 Å². The van der Waals surface area contributed by atoms with E-state index in [4.69, 9.17) is 17.3 Å². The van der Waals surface area contributed by atoms with E-state index in [0.29, 0.717) is 6.54 Å². The molecule has 0 aliphatic carbocycles. The Morgan fingerprint density at radius 1 is 1.00 bits per heavy atom. The Bertz CT molecular complexity index is 489. The molecule has 0 aliphatic rings. The molecule has 1 nitrogen and oxygen atoms in total. The average molecular weight is 232 g/mol. The van der Waals surface area contributed by atoms with Gasteiger partial charge in [-0.05, 0) is 47.4 Å². The van der Waals surface area contributed by atoms with Crippen LogP contribution in [0.5, 0.6) is 0 Å². The lowest BCUT2D eigenvalue weighted by Gasteiger charge is -2.07. The molecule has 0 spiro atoms.